The van der Waals surface area contributed by atoms with Crippen LogP contribution in [0.25, 0.3) is 0 Å². The second-order valence-electron chi connectivity index (χ2n) is 14.3. The van der Waals surface area contributed by atoms with Crippen molar-refractivity contribution < 1.29 is 17.6 Å². The molecular weight excluding hydrogens is 448 g/mol. The first-order valence-electron chi connectivity index (χ1n) is 14.6. The van der Waals surface area contributed by atoms with E-state index < -0.39 is 29.1 Å². The third kappa shape index (κ3) is 4.33. The standard InChI is InChI=1S/C31H50F4/c1-7-13-29(18-16-26(3,4)17-19-29)21-22-9-10-24-23(20-22)11-14-27(5)25(24)12-15-28(27,6)31(34,35)30(32,33)8-2/h20,22,24-25H,7-19,21H2,1-6H3/t22?,24?,25?,27?,28-/m1/s1. The Balaban J connectivity index is 1.53. The summed E-state index contributed by atoms with van der Waals surface area (Å²) in [5.41, 5.74) is 0.0188. The normalized spacial score (nSPS) is 39.0. The van der Waals surface area contributed by atoms with E-state index in [4.69, 9.17) is 0 Å². The topological polar surface area (TPSA) is 0 Å². The van der Waals surface area contributed by atoms with Crippen molar-refractivity contribution in [2.24, 2.45) is 39.4 Å². The number of hydrogen-bond donors (Lipinski definition) is 0. The van der Waals surface area contributed by atoms with E-state index in [-0.39, 0.29) is 12.3 Å². The van der Waals surface area contributed by atoms with Crippen LogP contribution < -0.4 is 0 Å². The zero-order valence-electron chi connectivity index (χ0n) is 23.2. The van der Waals surface area contributed by atoms with Crippen molar-refractivity contribution in [1.82, 2.24) is 0 Å². The van der Waals surface area contributed by atoms with Gasteiger partial charge in [0.05, 0.1) is 0 Å². The van der Waals surface area contributed by atoms with Crippen LogP contribution in [-0.2, 0) is 0 Å². The van der Waals surface area contributed by atoms with Crippen LogP contribution in [0.3, 0.4) is 0 Å². The van der Waals surface area contributed by atoms with Gasteiger partial charge in [0, 0.05) is 11.8 Å². The summed E-state index contributed by atoms with van der Waals surface area (Å²) >= 11 is 0. The Morgan fingerprint density at radius 2 is 1.51 bits per heavy atom. The lowest BCUT2D eigenvalue weighted by Gasteiger charge is -2.55. The summed E-state index contributed by atoms with van der Waals surface area (Å²) < 4.78 is 60.0. The highest BCUT2D eigenvalue weighted by Gasteiger charge is 2.74. The molecule has 35 heavy (non-hydrogen) atoms. The zero-order valence-corrected chi connectivity index (χ0v) is 23.2. The van der Waals surface area contributed by atoms with E-state index in [1.807, 2.05) is 6.92 Å². The average Bonchev–Trinajstić information content (AvgIpc) is 3.08. The summed E-state index contributed by atoms with van der Waals surface area (Å²) in [5.74, 6) is -6.91. The molecule has 0 bridgehead atoms. The molecule has 0 N–H and O–H groups in total. The average molecular weight is 499 g/mol. The van der Waals surface area contributed by atoms with E-state index in [1.165, 1.54) is 64.4 Å². The van der Waals surface area contributed by atoms with Crippen LogP contribution in [0, 0.1) is 39.4 Å². The van der Waals surface area contributed by atoms with Crippen molar-refractivity contribution >= 4 is 0 Å². The van der Waals surface area contributed by atoms with Crippen molar-refractivity contribution in [2.75, 3.05) is 0 Å². The van der Waals surface area contributed by atoms with Crippen LogP contribution >= 0.6 is 0 Å². The van der Waals surface area contributed by atoms with Gasteiger partial charge in [-0.2, -0.15) is 17.6 Å². The third-order valence-electron chi connectivity index (χ3n) is 12.0. The molecule has 202 valence electrons. The minimum absolute atomic E-state index is 0.104. The number of hydrogen-bond acceptors (Lipinski definition) is 0. The van der Waals surface area contributed by atoms with Crippen LogP contribution in [0.15, 0.2) is 11.6 Å². The zero-order chi connectivity index (χ0) is 25.9. The number of rotatable bonds is 7. The van der Waals surface area contributed by atoms with Crippen molar-refractivity contribution in [3.05, 3.63) is 11.6 Å². The lowest BCUT2D eigenvalue weighted by atomic mass is 9.51. The monoisotopic (exact) mass is 498 g/mol. The summed E-state index contributed by atoms with van der Waals surface area (Å²) in [6.45, 7) is 11.7. The highest BCUT2D eigenvalue weighted by molar-refractivity contribution is 5.24. The number of allylic oxidation sites excluding steroid dienone is 2. The van der Waals surface area contributed by atoms with Gasteiger partial charge in [-0.1, -0.05) is 59.6 Å². The van der Waals surface area contributed by atoms with Gasteiger partial charge in [-0.15, -0.1) is 0 Å². The summed E-state index contributed by atoms with van der Waals surface area (Å²) in [6.07, 6.45) is 15.3. The maximum atomic E-state index is 15.5. The summed E-state index contributed by atoms with van der Waals surface area (Å²) in [5, 5.41) is 0. The Hall–Kier alpha value is -0.540. The largest absolute Gasteiger partial charge is 0.315 e. The summed E-state index contributed by atoms with van der Waals surface area (Å²) in [6, 6.07) is 0. The van der Waals surface area contributed by atoms with E-state index in [9.17, 15) is 8.78 Å². The van der Waals surface area contributed by atoms with Gasteiger partial charge in [0.15, 0.2) is 0 Å². The quantitative estimate of drug-likeness (QED) is 0.242. The van der Waals surface area contributed by atoms with Gasteiger partial charge in [-0.05, 0) is 111 Å². The Morgan fingerprint density at radius 1 is 0.857 bits per heavy atom. The van der Waals surface area contributed by atoms with Crippen LogP contribution in [0.1, 0.15) is 131 Å². The second-order valence-corrected chi connectivity index (χ2v) is 14.3. The van der Waals surface area contributed by atoms with Crippen LogP contribution in [-0.4, -0.2) is 11.8 Å². The smallest absolute Gasteiger partial charge is 0.200 e. The minimum atomic E-state index is -3.97. The van der Waals surface area contributed by atoms with Gasteiger partial charge in [0.2, 0.25) is 0 Å². The molecule has 0 radical (unpaired) electrons. The molecule has 0 aromatic heterocycles. The van der Waals surface area contributed by atoms with Crippen LogP contribution in [0.2, 0.25) is 0 Å². The summed E-state index contributed by atoms with van der Waals surface area (Å²) in [4.78, 5) is 0. The molecule has 0 aromatic rings. The number of fused-ring (bicyclic) bond motifs is 3. The SMILES string of the molecule is CCCC1(CC2C=C3CCC4(C)C(CC[C@@]4(C)C(F)(F)C(F)(F)CC)C3CC2)CCC(C)(C)CC1. The molecule has 3 fully saturated rings. The molecule has 5 atom stereocenters. The van der Waals surface area contributed by atoms with Gasteiger partial charge in [-0.3, -0.25) is 0 Å². The molecule has 0 spiro atoms. The van der Waals surface area contributed by atoms with Crippen molar-refractivity contribution in [2.45, 2.75) is 143 Å². The second kappa shape index (κ2) is 9.04. The maximum Gasteiger partial charge on any atom is 0.315 e. The van der Waals surface area contributed by atoms with Crippen molar-refractivity contribution in [3.63, 3.8) is 0 Å². The van der Waals surface area contributed by atoms with Gasteiger partial charge in [-0.25, -0.2) is 0 Å². The van der Waals surface area contributed by atoms with E-state index in [0.29, 0.717) is 35.5 Å². The highest BCUT2D eigenvalue weighted by Crippen LogP contribution is 2.72. The molecule has 0 aromatic carbocycles. The fourth-order valence-corrected chi connectivity index (χ4v) is 9.19. The first-order chi connectivity index (χ1) is 16.2. The predicted molar refractivity (Wildman–Crippen MR) is 137 cm³/mol. The molecule has 0 saturated heterocycles. The van der Waals surface area contributed by atoms with E-state index in [1.54, 1.807) is 0 Å². The number of halogens is 4. The molecule has 0 heterocycles. The Kier molecular flexibility index (Phi) is 7.10. The van der Waals surface area contributed by atoms with Crippen molar-refractivity contribution in [3.8, 4) is 0 Å². The van der Waals surface area contributed by atoms with E-state index in [0.717, 1.165) is 19.3 Å². The van der Waals surface area contributed by atoms with Crippen LogP contribution in [0.5, 0.6) is 0 Å². The first-order valence-corrected chi connectivity index (χ1v) is 14.6. The molecule has 4 unspecified atom stereocenters. The molecule has 3 saturated carbocycles. The Bertz CT molecular complexity index is 801. The van der Waals surface area contributed by atoms with Gasteiger partial charge < -0.3 is 0 Å². The third-order valence-corrected chi connectivity index (χ3v) is 12.0. The molecule has 0 amide bonds. The highest BCUT2D eigenvalue weighted by atomic mass is 19.3. The molecule has 4 aliphatic rings. The van der Waals surface area contributed by atoms with E-state index >= 15 is 8.78 Å². The van der Waals surface area contributed by atoms with Gasteiger partial charge in [0.25, 0.3) is 0 Å². The fraction of sp³-hybridized carbons (Fsp3) is 0.935. The predicted octanol–water partition coefficient (Wildman–Crippen LogP) is 10.6. The van der Waals surface area contributed by atoms with Crippen molar-refractivity contribution in [1.29, 1.82) is 0 Å². The lowest BCUT2D eigenvalue weighted by molar-refractivity contribution is -0.291. The van der Waals surface area contributed by atoms with Gasteiger partial charge in [0.1, 0.15) is 0 Å². The molecule has 0 aliphatic heterocycles. The molecule has 4 heteroatoms. The fourth-order valence-electron chi connectivity index (χ4n) is 9.19. The van der Waals surface area contributed by atoms with E-state index in [2.05, 4.69) is 26.8 Å². The Morgan fingerprint density at radius 3 is 2.11 bits per heavy atom. The van der Waals surface area contributed by atoms with Gasteiger partial charge >= 0.3 is 11.8 Å². The maximum absolute atomic E-state index is 15.5. The molecular formula is C31H50F4. The minimum Gasteiger partial charge on any atom is -0.200 e. The number of alkyl halides is 4. The lowest BCUT2D eigenvalue weighted by Crippen LogP contribution is -2.59. The first kappa shape index (κ1) is 27.5. The molecule has 4 rings (SSSR count). The molecule has 4 aliphatic carbocycles. The van der Waals surface area contributed by atoms with Crippen LogP contribution in [0.4, 0.5) is 17.6 Å². The summed E-state index contributed by atoms with van der Waals surface area (Å²) in [7, 11) is 0. The molecule has 0 nitrogen and oxygen atoms in total. The Labute approximate surface area is 212 Å².